The highest BCUT2D eigenvalue weighted by molar-refractivity contribution is 5.79. The lowest BCUT2D eigenvalue weighted by Crippen LogP contribution is -2.39. The first kappa shape index (κ1) is 22.7. The molecule has 0 aliphatic rings. The normalized spacial score (nSPS) is 11.7. The lowest BCUT2D eigenvalue weighted by Gasteiger charge is -2.15. The molecule has 4 rings (SSSR count). The van der Waals surface area contributed by atoms with E-state index < -0.39 is 17.5 Å². The highest BCUT2D eigenvalue weighted by atomic mass is 19.1. The Balaban J connectivity index is 1.44. The molecule has 1 amide bonds. The minimum atomic E-state index is -0.876. The van der Waals surface area contributed by atoms with Gasteiger partial charge in [0.15, 0.2) is 0 Å². The Bertz CT molecular complexity index is 1420. The van der Waals surface area contributed by atoms with Crippen molar-refractivity contribution in [3.63, 3.8) is 0 Å². The number of nitrogens with zero attached hydrogens (tertiary/aromatic N) is 5. The van der Waals surface area contributed by atoms with Gasteiger partial charge in [0, 0.05) is 42.2 Å². The molecule has 0 fully saturated rings. The fraction of sp³-hybridized carbons (Fsp3) is 0.167. The fourth-order valence-electron chi connectivity index (χ4n) is 3.30. The van der Waals surface area contributed by atoms with Crippen LogP contribution < -0.4 is 16.4 Å². The van der Waals surface area contributed by atoms with Crippen molar-refractivity contribution in [2.75, 3.05) is 6.54 Å². The van der Waals surface area contributed by atoms with Crippen LogP contribution in [0, 0.1) is 5.82 Å². The number of halogens is 1. The molecule has 172 valence electrons. The number of hydrogen-bond donors (Lipinski definition) is 1. The van der Waals surface area contributed by atoms with E-state index in [-0.39, 0.29) is 24.5 Å². The van der Waals surface area contributed by atoms with Gasteiger partial charge in [-0.25, -0.2) is 13.8 Å². The van der Waals surface area contributed by atoms with E-state index in [0.717, 1.165) is 10.2 Å². The Kier molecular flexibility index (Phi) is 6.67. The van der Waals surface area contributed by atoms with Gasteiger partial charge in [-0.3, -0.25) is 19.4 Å². The van der Waals surface area contributed by atoms with Crippen molar-refractivity contribution in [3.8, 4) is 22.5 Å². The first-order valence-electron chi connectivity index (χ1n) is 10.5. The number of amides is 1. The quantitative estimate of drug-likeness (QED) is 0.452. The number of pyridine rings is 1. The molecule has 0 saturated carbocycles. The summed E-state index contributed by atoms with van der Waals surface area (Å²) in [5.74, 6) is -0.797. The number of nitrogens with one attached hydrogen (secondary N) is 1. The average Bonchev–Trinajstić information content (AvgIpc) is 2.86. The van der Waals surface area contributed by atoms with Crippen molar-refractivity contribution in [1.82, 2.24) is 29.9 Å². The molecule has 3 aromatic heterocycles. The molecular weight excluding hydrogens is 439 g/mol. The van der Waals surface area contributed by atoms with Crippen LogP contribution in [0.2, 0.25) is 0 Å². The van der Waals surface area contributed by atoms with Crippen molar-refractivity contribution >= 4 is 5.91 Å². The Hall–Kier alpha value is -4.47. The van der Waals surface area contributed by atoms with Crippen molar-refractivity contribution in [2.45, 2.75) is 19.5 Å². The second kappa shape index (κ2) is 9.99. The van der Waals surface area contributed by atoms with E-state index in [1.165, 1.54) is 28.9 Å². The van der Waals surface area contributed by atoms with Gasteiger partial charge in [0.05, 0.1) is 17.9 Å². The Labute approximate surface area is 193 Å². The molecule has 9 nitrogen and oxygen atoms in total. The summed E-state index contributed by atoms with van der Waals surface area (Å²) in [4.78, 5) is 41.2. The van der Waals surface area contributed by atoms with Crippen LogP contribution in [0.15, 0.2) is 82.6 Å². The van der Waals surface area contributed by atoms with Gasteiger partial charge in [-0.05, 0) is 55.5 Å². The van der Waals surface area contributed by atoms with Gasteiger partial charge in [0.2, 0.25) is 5.91 Å². The molecular formula is C24H21FN6O3. The topological polar surface area (TPSA) is 112 Å². The van der Waals surface area contributed by atoms with E-state index in [9.17, 15) is 18.8 Å². The monoisotopic (exact) mass is 460 g/mol. The van der Waals surface area contributed by atoms with E-state index in [1.54, 1.807) is 55.7 Å². The second-order valence-electron chi connectivity index (χ2n) is 7.50. The number of rotatable bonds is 7. The zero-order valence-corrected chi connectivity index (χ0v) is 18.3. The number of hydrogen-bond acceptors (Lipinski definition) is 6. The minimum Gasteiger partial charge on any atom is -0.352 e. The maximum Gasteiger partial charge on any atom is 0.267 e. The molecule has 4 aromatic rings. The SMILES string of the molecule is CC(C(=O)NCCn1nc(-c2ccc(F)cc2)ccc1=O)n1nc(-c2cccnc2)ccc1=O. The maximum atomic E-state index is 13.2. The third kappa shape index (κ3) is 5.12. The Morgan fingerprint density at radius 2 is 1.65 bits per heavy atom. The predicted molar refractivity (Wildman–Crippen MR) is 123 cm³/mol. The van der Waals surface area contributed by atoms with E-state index in [2.05, 4.69) is 20.5 Å². The summed E-state index contributed by atoms with van der Waals surface area (Å²) in [6.45, 7) is 1.79. The zero-order chi connectivity index (χ0) is 24.1. The van der Waals surface area contributed by atoms with Gasteiger partial charge in [-0.2, -0.15) is 10.2 Å². The molecule has 0 saturated heterocycles. The molecule has 34 heavy (non-hydrogen) atoms. The number of carbonyl (C=O) groups is 1. The second-order valence-corrected chi connectivity index (χ2v) is 7.50. The molecule has 1 unspecified atom stereocenters. The Morgan fingerprint density at radius 1 is 0.941 bits per heavy atom. The van der Waals surface area contributed by atoms with Crippen LogP contribution in [0.3, 0.4) is 0 Å². The maximum absolute atomic E-state index is 13.2. The molecule has 1 N–H and O–H groups in total. The third-order valence-electron chi connectivity index (χ3n) is 5.16. The lowest BCUT2D eigenvalue weighted by atomic mass is 10.1. The van der Waals surface area contributed by atoms with Crippen LogP contribution >= 0.6 is 0 Å². The van der Waals surface area contributed by atoms with Crippen LogP contribution in [0.25, 0.3) is 22.5 Å². The largest absolute Gasteiger partial charge is 0.352 e. The Morgan fingerprint density at radius 3 is 2.35 bits per heavy atom. The van der Waals surface area contributed by atoms with Gasteiger partial charge in [-0.1, -0.05) is 0 Å². The van der Waals surface area contributed by atoms with Crippen molar-refractivity contribution in [1.29, 1.82) is 0 Å². The molecule has 1 aromatic carbocycles. The molecule has 1 atom stereocenters. The standard InChI is InChI=1S/C24H21FN6O3/c1-16(31-23(33)11-9-21(29-31)18-3-2-12-26-15-18)24(34)27-13-14-30-22(32)10-8-20(28-30)17-4-6-19(25)7-5-17/h2-12,15-16H,13-14H2,1H3,(H,27,34). The van der Waals surface area contributed by atoms with Crippen LogP contribution in [-0.4, -0.2) is 37.0 Å². The van der Waals surface area contributed by atoms with Crippen LogP contribution in [0.5, 0.6) is 0 Å². The summed E-state index contributed by atoms with van der Waals surface area (Å²) in [5.41, 5.74) is 1.64. The smallest absolute Gasteiger partial charge is 0.267 e. The van der Waals surface area contributed by atoms with E-state index in [4.69, 9.17) is 0 Å². The van der Waals surface area contributed by atoms with Crippen LogP contribution in [0.4, 0.5) is 4.39 Å². The fourth-order valence-corrected chi connectivity index (χ4v) is 3.30. The van der Waals surface area contributed by atoms with Gasteiger partial charge in [0.25, 0.3) is 11.1 Å². The molecule has 10 heteroatoms. The summed E-state index contributed by atoms with van der Waals surface area (Å²) in [6, 6.07) is 14.3. The highest BCUT2D eigenvalue weighted by Crippen LogP contribution is 2.16. The number of benzene rings is 1. The molecule has 0 aliphatic heterocycles. The zero-order valence-electron chi connectivity index (χ0n) is 18.3. The van der Waals surface area contributed by atoms with Gasteiger partial charge in [0.1, 0.15) is 11.9 Å². The predicted octanol–water partition coefficient (Wildman–Crippen LogP) is 2.05. The minimum absolute atomic E-state index is 0.111. The average molecular weight is 460 g/mol. The lowest BCUT2D eigenvalue weighted by molar-refractivity contribution is -0.124. The molecule has 0 spiro atoms. The van der Waals surface area contributed by atoms with Gasteiger partial charge < -0.3 is 5.32 Å². The summed E-state index contributed by atoms with van der Waals surface area (Å²) < 4.78 is 15.5. The van der Waals surface area contributed by atoms with Crippen molar-refractivity contribution in [2.24, 2.45) is 0 Å². The van der Waals surface area contributed by atoms with Gasteiger partial charge >= 0.3 is 0 Å². The number of carbonyl (C=O) groups excluding carboxylic acids is 1. The van der Waals surface area contributed by atoms with Crippen molar-refractivity contribution < 1.29 is 9.18 Å². The van der Waals surface area contributed by atoms with Crippen LogP contribution in [-0.2, 0) is 11.3 Å². The molecule has 0 aliphatic carbocycles. The molecule has 0 bridgehead atoms. The van der Waals surface area contributed by atoms with E-state index >= 15 is 0 Å². The summed E-state index contributed by atoms with van der Waals surface area (Å²) in [6.07, 6.45) is 3.25. The molecule has 0 radical (unpaired) electrons. The van der Waals surface area contributed by atoms with E-state index in [0.29, 0.717) is 17.0 Å². The highest BCUT2D eigenvalue weighted by Gasteiger charge is 2.18. The van der Waals surface area contributed by atoms with Crippen LogP contribution in [0.1, 0.15) is 13.0 Å². The third-order valence-corrected chi connectivity index (χ3v) is 5.16. The summed E-state index contributed by atoms with van der Waals surface area (Å²) >= 11 is 0. The van der Waals surface area contributed by atoms with E-state index in [1.807, 2.05) is 0 Å². The molecule has 3 heterocycles. The first-order valence-corrected chi connectivity index (χ1v) is 10.5. The first-order chi connectivity index (χ1) is 16.4. The number of aromatic nitrogens is 5. The summed E-state index contributed by atoms with van der Waals surface area (Å²) in [7, 11) is 0. The van der Waals surface area contributed by atoms with Gasteiger partial charge in [-0.15, -0.1) is 0 Å². The summed E-state index contributed by atoms with van der Waals surface area (Å²) in [5, 5.41) is 11.3. The van der Waals surface area contributed by atoms with Crippen molar-refractivity contribution in [3.05, 3.63) is 99.6 Å².